The van der Waals surface area contributed by atoms with Crippen LogP contribution in [-0.4, -0.2) is 33.9 Å². The number of rotatable bonds is 7. The number of hydrogen-bond acceptors (Lipinski definition) is 5. The predicted molar refractivity (Wildman–Crippen MR) is 124 cm³/mol. The summed E-state index contributed by atoms with van der Waals surface area (Å²) >= 11 is 6.15. The lowest BCUT2D eigenvalue weighted by atomic mass is 10.2. The molecular weight excluding hydrogens is 452 g/mol. The van der Waals surface area contributed by atoms with E-state index >= 15 is 0 Å². The zero-order chi connectivity index (χ0) is 23.3. The molecule has 166 valence electrons. The minimum Gasteiger partial charge on any atom is -0.465 e. The van der Waals surface area contributed by atoms with Crippen molar-refractivity contribution >= 4 is 44.9 Å². The van der Waals surface area contributed by atoms with Crippen molar-refractivity contribution in [2.24, 2.45) is 0 Å². The molecule has 0 aliphatic heterocycles. The van der Waals surface area contributed by atoms with E-state index < -0.39 is 28.4 Å². The molecule has 1 amide bonds. The van der Waals surface area contributed by atoms with Crippen molar-refractivity contribution in [3.63, 3.8) is 0 Å². The number of benzene rings is 3. The van der Waals surface area contributed by atoms with Crippen molar-refractivity contribution in [3.05, 3.63) is 88.9 Å². The highest BCUT2D eigenvalue weighted by atomic mass is 35.5. The Morgan fingerprint density at radius 1 is 1.00 bits per heavy atom. The second-order valence-corrected chi connectivity index (χ2v) is 9.17. The van der Waals surface area contributed by atoms with Gasteiger partial charge in [0.05, 0.1) is 34.0 Å². The van der Waals surface area contributed by atoms with Crippen molar-refractivity contribution in [1.29, 1.82) is 0 Å². The fourth-order valence-electron chi connectivity index (χ4n) is 3.00. The molecule has 0 spiro atoms. The van der Waals surface area contributed by atoms with Crippen molar-refractivity contribution in [1.82, 2.24) is 0 Å². The molecule has 0 aromatic heterocycles. The SMILES string of the molecule is COC(=O)c1ccc(Cl)c(NC(=O)CN(c2cccc(C)c2)S(=O)(=O)c2ccccc2)c1. The number of amides is 1. The van der Waals surface area contributed by atoms with Crippen LogP contribution < -0.4 is 9.62 Å². The van der Waals surface area contributed by atoms with E-state index in [1.165, 1.54) is 37.4 Å². The number of nitrogens with one attached hydrogen (secondary N) is 1. The minimum atomic E-state index is -4.03. The van der Waals surface area contributed by atoms with E-state index in [4.69, 9.17) is 11.6 Å². The smallest absolute Gasteiger partial charge is 0.337 e. The number of hydrogen-bond donors (Lipinski definition) is 1. The number of nitrogens with zero attached hydrogens (tertiary/aromatic N) is 1. The van der Waals surface area contributed by atoms with Gasteiger partial charge in [0.25, 0.3) is 10.0 Å². The van der Waals surface area contributed by atoms with Gasteiger partial charge in [-0.3, -0.25) is 9.10 Å². The molecule has 0 bridgehead atoms. The van der Waals surface area contributed by atoms with E-state index in [-0.39, 0.29) is 21.2 Å². The van der Waals surface area contributed by atoms with Crippen LogP contribution in [0.1, 0.15) is 15.9 Å². The minimum absolute atomic E-state index is 0.0556. The summed E-state index contributed by atoms with van der Waals surface area (Å²) in [6.07, 6.45) is 0. The number of anilines is 2. The first-order valence-corrected chi connectivity index (χ1v) is 11.4. The summed E-state index contributed by atoms with van der Waals surface area (Å²) in [6.45, 7) is 1.33. The molecule has 1 N–H and O–H groups in total. The van der Waals surface area contributed by atoms with E-state index in [2.05, 4.69) is 10.1 Å². The Morgan fingerprint density at radius 2 is 1.72 bits per heavy atom. The maximum Gasteiger partial charge on any atom is 0.337 e. The molecule has 0 radical (unpaired) electrons. The summed E-state index contributed by atoms with van der Waals surface area (Å²) in [6, 6.07) is 19.0. The van der Waals surface area contributed by atoms with E-state index in [9.17, 15) is 18.0 Å². The number of aryl methyl sites for hydroxylation is 1. The highest BCUT2D eigenvalue weighted by Crippen LogP contribution is 2.26. The Morgan fingerprint density at radius 3 is 2.38 bits per heavy atom. The third kappa shape index (κ3) is 5.27. The Balaban J connectivity index is 1.94. The number of carbonyl (C=O) groups is 2. The molecule has 0 fully saturated rings. The summed E-state index contributed by atoms with van der Waals surface area (Å²) in [4.78, 5) is 24.7. The van der Waals surface area contributed by atoms with Gasteiger partial charge in [0, 0.05) is 0 Å². The standard InChI is InChI=1S/C23H21ClN2O5S/c1-16-7-6-8-18(13-16)26(32(29,30)19-9-4-3-5-10-19)15-22(27)25-21-14-17(23(28)31-2)11-12-20(21)24/h3-14H,15H2,1-2H3,(H,25,27). The van der Waals surface area contributed by atoms with Gasteiger partial charge in [-0.2, -0.15) is 0 Å². The predicted octanol–water partition coefficient (Wildman–Crippen LogP) is 4.27. The monoisotopic (exact) mass is 472 g/mol. The number of halogens is 1. The molecule has 0 unspecified atom stereocenters. The Bertz CT molecular complexity index is 1250. The highest BCUT2D eigenvalue weighted by Gasteiger charge is 2.27. The van der Waals surface area contributed by atoms with Crippen LogP contribution in [0.5, 0.6) is 0 Å². The first-order chi connectivity index (χ1) is 15.2. The first kappa shape index (κ1) is 23.3. The molecule has 9 heteroatoms. The number of esters is 1. The normalized spacial score (nSPS) is 11.0. The Kier molecular flexibility index (Phi) is 7.17. The lowest BCUT2D eigenvalue weighted by Crippen LogP contribution is -2.38. The van der Waals surface area contributed by atoms with Gasteiger partial charge in [-0.15, -0.1) is 0 Å². The molecule has 0 aliphatic rings. The van der Waals surface area contributed by atoms with Crippen LogP contribution in [0.4, 0.5) is 11.4 Å². The van der Waals surface area contributed by atoms with Gasteiger partial charge in [-0.05, 0) is 55.0 Å². The quantitative estimate of drug-likeness (QED) is 0.518. The summed E-state index contributed by atoms with van der Waals surface area (Å²) in [5.41, 5.74) is 1.55. The molecule has 0 aliphatic carbocycles. The van der Waals surface area contributed by atoms with Crippen LogP contribution in [0.25, 0.3) is 0 Å². The zero-order valence-corrected chi connectivity index (χ0v) is 19.0. The van der Waals surface area contributed by atoms with Crippen molar-refractivity contribution in [3.8, 4) is 0 Å². The lowest BCUT2D eigenvalue weighted by molar-refractivity contribution is -0.114. The van der Waals surface area contributed by atoms with Gasteiger partial charge in [-0.25, -0.2) is 13.2 Å². The van der Waals surface area contributed by atoms with Gasteiger partial charge < -0.3 is 10.1 Å². The van der Waals surface area contributed by atoms with Crippen molar-refractivity contribution in [2.75, 3.05) is 23.3 Å². The molecule has 32 heavy (non-hydrogen) atoms. The Hall–Kier alpha value is -3.36. The van der Waals surface area contributed by atoms with Crippen LogP contribution in [0.2, 0.25) is 5.02 Å². The van der Waals surface area contributed by atoms with Crippen LogP contribution in [-0.2, 0) is 19.6 Å². The van der Waals surface area contributed by atoms with E-state index in [0.717, 1.165) is 9.87 Å². The molecule has 3 aromatic carbocycles. The average molecular weight is 473 g/mol. The van der Waals surface area contributed by atoms with E-state index in [0.29, 0.717) is 5.69 Å². The fourth-order valence-corrected chi connectivity index (χ4v) is 4.60. The molecule has 0 atom stereocenters. The summed E-state index contributed by atoms with van der Waals surface area (Å²) in [5, 5.41) is 2.78. The maximum absolute atomic E-state index is 13.3. The van der Waals surface area contributed by atoms with Crippen molar-refractivity contribution in [2.45, 2.75) is 11.8 Å². The fraction of sp³-hybridized carbons (Fsp3) is 0.130. The van der Waals surface area contributed by atoms with Crippen LogP contribution >= 0.6 is 11.6 Å². The largest absolute Gasteiger partial charge is 0.465 e. The van der Waals surface area contributed by atoms with Gasteiger partial charge in [-0.1, -0.05) is 41.9 Å². The number of sulfonamides is 1. The number of carbonyl (C=O) groups excluding carboxylic acids is 2. The van der Waals surface area contributed by atoms with Crippen molar-refractivity contribution < 1.29 is 22.7 Å². The molecule has 0 heterocycles. The molecule has 0 saturated heterocycles. The number of ether oxygens (including phenoxy) is 1. The third-order valence-electron chi connectivity index (χ3n) is 4.57. The van der Waals surface area contributed by atoms with E-state index in [1.807, 2.05) is 13.0 Å². The molecule has 0 saturated carbocycles. The highest BCUT2D eigenvalue weighted by molar-refractivity contribution is 7.92. The molecule has 7 nitrogen and oxygen atoms in total. The third-order valence-corrected chi connectivity index (χ3v) is 6.69. The van der Waals surface area contributed by atoms with Gasteiger partial charge in [0.2, 0.25) is 5.91 Å². The van der Waals surface area contributed by atoms with Gasteiger partial charge in [0.1, 0.15) is 6.54 Å². The van der Waals surface area contributed by atoms with Crippen LogP contribution in [0.15, 0.2) is 77.7 Å². The topological polar surface area (TPSA) is 92.8 Å². The first-order valence-electron chi connectivity index (χ1n) is 9.54. The molecular formula is C23H21ClN2O5S. The van der Waals surface area contributed by atoms with Gasteiger partial charge >= 0.3 is 5.97 Å². The number of methoxy groups -OCH3 is 1. The van der Waals surface area contributed by atoms with Crippen LogP contribution in [0, 0.1) is 6.92 Å². The van der Waals surface area contributed by atoms with Crippen LogP contribution in [0.3, 0.4) is 0 Å². The zero-order valence-electron chi connectivity index (χ0n) is 17.4. The summed E-state index contributed by atoms with van der Waals surface area (Å²) in [7, 11) is -2.79. The average Bonchev–Trinajstić information content (AvgIpc) is 2.79. The molecule has 3 aromatic rings. The summed E-state index contributed by atoms with van der Waals surface area (Å²) in [5.74, 6) is -1.22. The second kappa shape index (κ2) is 9.84. The van der Waals surface area contributed by atoms with E-state index in [1.54, 1.807) is 36.4 Å². The summed E-state index contributed by atoms with van der Waals surface area (Å²) < 4.78 is 32.4. The lowest BCUT2D eigenvalue weighted by Gasteiger charge is -2.24. The van der Waals surface area contributed by atoms with Gasteiger partial charge in [0.15, 0.2) is 0 Å². The molecule has 3 rings (SSSR count). The Labute approximate surface area is 191 Å². The maximum atomic E-state index is 13.3. The second-order valence-electron chi connectivity index (χ2n) is 6.90.